The lowest BCUT2D eigenvalue weighted by Crippen LogP contribution is -2.20. The van der Waals surface area contributed by atoms with Crippen molar-refractivity contribution >= 4 is 11.8 Å². The van der Waals surface area contributed by atoms with E-state index in [0.29, 0.717) is 40.9 Å². The summed E-state index contributed by atoms with van der Waals surface area (Å²) in [6.45, 7) is 2.32. The van der Waals surface area contributed by atoms with Crippen LogP contribution in [0.5, 0.6) is 28.7 Å². The Kier molecular flexibility index (Phi) is 8.34. The number of nitrogens with one attached hydrogen (secondary N) is 2. The molecule has 2 aromatic carbocycles. The molecule has 2 aromatic rings. The third-order valence-electron chi connectivity index (χ3n) is 4.37. The predicted molar refractivity (Wildman–Crippen MR) is 113 cm³/mol. The number of hydrogen-bond acceptors (Lipinski definition) is 6. The van der Waals surface area contributed by atoms with Crippen molar-refractivity contribution in [3.05, 3.63) is 41.5 Å². The molecule has 0 radical (unpaired) electrons. The summed E-state index contributed by atoms with van der Waals surface area (Å²) in [6.07, 6.45) is 0.296. The number of likely N-dealkylation sites (N-methyl/N-ethyl adjacent to an activating group) is 2. The van der Waals surface area contributed by atoms with E-state index in [1.54, 1.807) is 38.4 Å². The van der Waals surface area contributed by atoms with Gasteiger partial charge in [-0.25, -0.2) is 0 Å². The zero-order valence-electron chi connectivity index (χ0n) is 18.0. The van der Waals surface area contributed by atoms with Gasteiger partial charge in [0, 0.05) is 25.7 Å². The van der Waals surface area contributed by atoms with Crippen LogP contribution in [0.4, 0.5) is 0 Å². The summed E-state index contributed by atoms with van der Waals surface area (Å²) in [4.78, 5) is 23.8. The second-order valence-electron chi connectivity index (χ2n) is 6.33. The Labute approximate surface area is 176 Å². The Morgan fingerprint density at radius 1 is 0.800 bits per heavy atom. The number of benzene rings is 2. The normalized spacial score (nSPS) is 10.2. The van der Waals surface area contributed by atoms with Crippen LogP contribution in [0.3, 0.4) is 0 Å². The topological polar surface area (TPSA) is 95.1 Å². The van der Waals surface area contributed by atoms with Gasteiger partial charge in [-0.05, 0) is 30.7 Å². The zero-order valence-corrected chi connectivity index (χ0v) is 18.0. The summed E-state index contributed by atoms with van der Waals surface area (Å²) < 4.78 is 22.6. The van der Waals surface area contributed by atoms with Gasteiger partial charge in [-0.2, -0.15) is 0 Å². The molecule has 0 saturated carbocycles. The van der Waals surface area contributed by atoms with E-state index in [0.717, 1.165) is 5.56 Å². The third kappa shape index (κ3) is 5.79. The summed E-state index contributed by atoms with van der Waals surface area (Å²) in [5.74, 6) is 2.05. The van der Waals surface area contributed by atoms with Gasteiger partial charge in [0.2, 0.25) is 11.8 Å². The highest BCUT2D eigenvalue weighted by atomic mass is 16.5. The Hall–Kier alpha value is -3.42. The van der Waals surface area contributed by atoms with Crippen molar-refractivity contribution in [2.75, 3.05) is 34.9 Å². The van der Waals surface area contributed by atoms with Crippen LogP contribution in [0.25, 0.3) is 0 Å². The van der Waals surface area contributed by atoms with Crippen LogP contribution in [0.15, 0.2) is 30.3 Å². The summed E-state index contributed by atoms with van der Waals surface area (Å²) in [7, 11) is 6.20. The van der Waals surface area contributed by atoms with Crippen LogP contribution in [0, 0.1) is 0 Å². The van der Waals surface area contributed by atoms with Gasteiger partial charge in [0.1, 0.15) is 5.75 Å². The molecule has 0 aliphatic carbocycles. The molecule has 30 heavy (non-hydrogen) atoms. The van der Waals surface area contributed by atoms with E-state index in [1.165, 1.54) is 14.2 Å². The predicted octanol–water partition coefficient (Wildman–Crippen LogP) is 2.47. The third-order valence-corrected chi connectivity index (χ3v) is 4.37. The highest BCUT2D eigenvalue weighted by Gasteiger charge is 2.18. The summed E-state index contributed by atoms with van der Waals surface area (Å²) in [5, 5.41) is 5.21. The van der Waals surface area contributed by atoms with Crippen LogP contribution in [0.2, 0.25) is 0 Å². The number of amides is 2. The first-order valence-corrected chi connectivity index (χ1v) is 9.55. The minimum Gasteiger partial charge on any atom is -0.493 e. The standard InChI is InChI=1S/C22H28N2O6/c1-6-29-16-8-7-14(10-21(25)23-2)9-20(16)30-17-13-19(28-5)18(27-4)11-15(17)12-22(26)24-3/h7-9,11,13H,6,10,12H2,1-5H3,(H,23,25)(H,24,26). The van der Waals surface area contributed by atoms with E-state index in [2.05, 4.69) is 10.6 Å². The maximum Gasteiger partial charge on any atom is 0.224 e. The summed E-state index contributed by atoms with van der Waals surface area (Å²) in [6, 6.07) is 8.69. The maximum absolute atomic E-state index is 12.0. The number of ether oxygens (including phenoxy) is 4. The second-order valence-corrected chi connectivity index (χ2v) is 6.33. The van der Waals surface area contributed by atoms with Crippen molar-refractivity contribution in [3.8, 4) is 28.7 Å². The number of methoxy groups -OCH3 is 2. The Morgan fingerprint density at radius 2 is 1.43 bits per heavy atom. The van der Waals surface area contributed by atoms with Crippen molar-refractivity contribution < 1.29 is 28.5 Å². The van der Waals surface area contributed by atoms with Gasteiger partial charge in [0.15, 0.2) is 23.0 Å². The Morgan fingerprint density at radius 3 is 2.03 bits per heavy atom. The molecule has 2 rings (SSSR count). The molecule has 2 N–H and O–H groups in total. The number of hydrogen-bond donors (Lipinski definition) is 2. The summed E-state index contributed by atoms with van der Waals surface area (Å²) in [5.41, 5.74) is 1.38. The molecule has 0 unspecified atom stereocenters. The lowest BCUT2D eigenvalue weighted by Gasteiger charge is -2.18. The zero-order chi connectivity index (χ0) is 22.1. The molecule has 0 heterocycles. The van der Waals surface area contributed by atoms with Crippen LogP contribution in [0.1, 0.15) is 18.1 Å². The van der Waals surface area contributed by atoms with E-state index in [9.17, 15) is 9.59 Å². The SMILES string of the molecule is CCOc1ccc(CC(=O)NC)cc1Oc1cc(OC)c(OC)cc1CC(=O)NC. The smallest absolute Gasteiger partial charge is 0.224 e. The second kappa shape index (κ2) is 10.9. The summed E-state index contributed by atoms with van der Waals surface area (Å²) >= 11 is 0. The Balaban J connectivity index is 2.50. The van der Waals surface area contributed by atoms with Crippen LogP contribution < -0.4 is 29.6 Å². The average molecular weight is 416 g/mol. The lowest BCUT2D eigenvalue weighted by atomic mass is 10.1. The van der Waals surface area contributed by atoms with Crippen molar-refractivity contribution in [3.63, 3.8) is 0 Å². The fourth-order valence-electron chi connectivity index (χ4n) is 2.81. The molecule has 0 aliphatic rings. The van der Waals surface area contributed by atoms with E-state index < -0.39 is 0 Å². The molecule has 0 spiro atoms. The van der Waals surface area contributed by atoms with Gasteiger partial charge < -0.3 is 29.6 Å². The van der Waals surface area contributed by atoms with E-state index in [1.807, 2.05) is 13.0 Å². The van der Waals surface area contributed by atoms with Gasteiger partial charge >= 0.3 is 0 Å². The molecule has 0 fully saturated rings. The lowest BCUT2D eigenvalue weighted by molar-refractivity contribution is -0.120. The van der Waals surface area contributed by atoms with Gasteiger partial charge in [-0.15, -0.1) is 0 Å². The fraction of sp³-hybridized carbons (Fsp3) is 0.364. The van der Waals surface area contributed by atoms with E-state index in [-0.39, 0.29) is 24.7 Å². The first-order chi connectivity index (χ1) is 14.4. The Bertz CT molecular complexity index is 897. The van der Waals surface area contributed by atoms with Crippen molar-refractivity contribution in [1.82, 2.24) is 10.6 Å². The van der Waals surface area contributed by atoms with Crippen molar-refractivity contribution in [1.29, 1.82) is 0 Å². The minimum absolute atomic E-state index is 0.0914. The van der Waals surface area contributed by atoms with Crippen LogP contribution >= 0.6 is 0 Å². The number of carbonyl (C=O) groups is 2. The first-order valence-electron chi connectivity index (χ1n) is 9.55. The van der Waals surface area contributed by atoms with Gasteiger partial charge in [-0.1, -0.05) is 6.07 Å². The number of rotatable bonds is 10. The van der Waals surface area contributed by atoms with Gasteiger partial charge in [-0.3, -0.25) is 9.59 Å². The molecule has 0 aliphatic heterocycles. The van der Waals surface area contributed by atoms with Crippen LogP contribution in [-0.2, 0) is 22.4 Å². The molecule has 0 atom stereocenters. The van der Waals surface area contributed by atoms with Crippen molar-refractivity contribution in [2.45, 2.75) is 19.8 Å². The highest BCUT2D eigenvalue weighted by Crippen LogP contribution is 2.40. The first kappa shape index (κ1) is 22.9. The van der Waals surface area contributed by atoms with Crippen molar-refractivity contribution in [2.24, 2.45) is 0 Å². The molecule has 0 bridgehead atoms. The van der Waals surface area contributed by atoms with Crippen LogP contribution in [-0.4, -0.2) is 46.7 Å². The van der Waals surface area contributed by atoms with Gasteiger partial charge in [0.05, 0.1) is 33.7 Å². The molecular weight excluding hydrogens is 388 g/mol. The van der Waals surface area contributed by atoms with Gasteiger partial charge in [0.25, 0.3) is 0 Å². The molecule has 0 saturated heterocycles. The molecular formula is C22H28N2O6. The fourth-order valence-corrected chi connectivity index (χ4v) is 2.81. The minimum atomic E-state index is -0.175. The highest BCUT2D eigenvalue weighted by molar-refractivity contribution is 5.80. The monoisotopic (exact) mass is 416 g/mol. The molecule has 162 valence electrons. The quantitative estimate of drug-likeness (QED) is 0.618. The average Bonchev–Trinajstić information content (AvgIpc) is 2.75. The molecule has 8 heteroatoms. The molecule has 2 amide bonds. The largest absolute Gasteiger partial charge is 0.493 e. The van der Waals surface area contributed by atoms with E-state index >= 15 is 0 Å². The van der Waals surface area contributed by atoms with E-state index in [4.69, 9.17) is 18.9 Å². The molecule has 8 nitrogen and oxygen atoms in total. The number of carbonyl (C=O) groups excluding carboxylic acids is 2. The maximum atomic E-state index is 12.0. The molecule has 0 aromatic heterocycles.